The first kappa shape index (κ1) is 14.2. The van der Waals surface area contributed by atoms with Gasteiger partial charge >= 0.3 is 0 Å². The molecule has 0 saturated heterocycles. The third-order valence-corrected chi connectivity index (χ3v) is 3.70. The van der Waals surface area contributed by atoms with E-state index in [2.05, 4.69) is 19.2 Å². The second kappa shape index (κ2) is 5.39. The highest BCUT2D eigenvalue weighted by molar-refractivity contribution is 5.66. The highest BCUT2D eigenvalue weighted by Gasteiger charge is 2.30. The summed E-state index contributed by atoms with van der Waals surface area (Å²) < 4.78 is 0. The van der Waals surface area contributed by atoms with Crippen LogP contribution in [0.25, 0.3) is 0 Å². The molecular weight excluding hydrogens is 240 g/mol. The SMILES string of the molecule is CC(C)N[C@@H]1CCc2c(ccc(O)c2N(C)C)[C@H]1O. The lowest BCUT2D eigenvalue weighted by Crippen LogP contribution is -2.42. The van der Waals surface area contributed by atoms with Gasteiger partial charge in [0.2, 0.25) is 0 Å². The molecule has 0 radical (unpaired) electrons. The maximum absolute atomic E-state index is 10.5. The summed E-state index contributed by atoms with van der Waals surface area (Å²) in [4.78, 5) is 1.91. The summed E-state index contributed by atoms with van der Waals surface area (Å²) in [6.45, 7) is 4.18. The highest BCUT2D eigenvalue weighted by atomic mass is 16.3. The van der Waals surface area contributed by atoms with Crippen LogP contribution in [0.5, 0.6) is 5.75 Å². The molecule has 1 aliphatic carbocycles. The van der Waals surface area contributed by atoms with E-state index >= 15 is 0 Å². The lowest BCUT2D eigenvalue weighted by molar-refractivity contribution is 0.110. The second-order valence-electron chi connectivity index (χ2n) is 5.81. The minimum absolute atomic E-state index is 0.0899. The van der Waals surface area contributed by atoms with Crippen LogP contribution in [0.2, 0.25) is 0 Å². The zero-order valence-electron chi connectivity index (χ0n) is 12.1. The van der Waals surface area contributed by atoms with E-state index < -0.39 is 6.10 Å². The molecule has 1 aromatic carbocycles. The van der Waals surface area contributed by atoms with E-state index in [1.165, 1.54) is 0 Å². The molecule has 0 amide bonds. The van der Waals surface area contributed by atoms with Crippen molar-refractivity contribution in [3.05, 3.63) is 23.3 Å². The summed E-state index contributed by atoms with van der Waals surface area (Å²) in [6, 6.07) is 3.96. The lowest BCUT2D eigenvalue weighted by Gasteiger charge is -2.34. The zero-order valence-corrected chi connectivity index (χ0v) is 12.1. The van der Waals surface area contributed by atoms with Gasteiger partial charge in [0, 0.05) is 26.2 Å². The molecule has 3 N–H and O–H groups in total. The van der Waals surface area contributed by atoms with Gasteiger partial charge in [-0.2, -0.15) is 0 Å². The van der Waals surface area contributed by atoms with Crippen molar-refractivity contribution in [2.24, 2.45) is 0 Å². The van der Waals surface area contributed by atoms with Gasteiger partial charge in [0.1, 0.15) is 5.75 Å². The van der Waals surface area contributed by atoms with Crippen LogP contribution in [-0.2, 0) is 6.42 Å². The Balaban J connectivity index is 2.38. The second-order valence-corrected chi connectivity index (χ2v) is 5.81. The van der Waals surface area contributed by atoms with E-state index in [0.29, 0.717) is 6.04 Å². The van der Waals surface area contributed by atoms with E-state index in [4.69, 9.17) is 0 Å². The molecule has 106 valence electrons. The molecule has 0 unspecified atom stereocenters. The number of hydrogen-bond acceptors (Lipinski definition) is 4. The number of fused-ring (bicyclic) bond motifs is 1. The Morgan fingerprint density at radius 3 is 2.58 bits per heavy atom. The summed E-state index contributed by atoms with van der Waals surface area (Å²) in [7, 11) is 3.83. The zero-order chi connectivity index (χ0) is 14.2. The fraction of sp³-hybridized carbons (Fsp3) is 0.600. The standard InChI is InChI=1S/C15H24N2O2/c1-9(2)16-12-7-5-10-11(15(12)19)6-8-13(18)14(10)17(3)4/h6,8-9,12,15-16,18-19H,5,7H2,1-4H3/t12-,15-/m1/s1. The van der Waals surface area contributed by atoms with Crippen molar-refractivity contribution in [3.8, 4) is 5.75 Å². The Morgan fingerprint density at radius 2 is 2.00 bits per heavy atom. The van der Waals surface area contributed by atoms with Gasteiger partial charge in [0.05, 0.1) is 11.8 Å². The molecule has 0 bridgehead atoms. The molecule has 2 rings (SSSR count). The Hall–Kier alpha value is -1.26. The van der Waals surface area contributed by atoms with Crippen molar-refractivity contribution in [2.45, 2.75) is 44.9 Å². The van der Waals surface area contributed by atoms with Crippen LogP contribution in [0.4, 0.5) is 5.69 Å². The van der Waals surface area contributed by atoms with Crippen molar-refractivity contribution >= 4 is 5.69 Å². The summed E-state index contributed by atoms with van der Waals surface area (Å²) in [5.41, 5.74) is 2.84. The van der Waals surface area contributed by atoms with Crippen molar-refractivity contribution < 1.29 is 10.2 Å². The number of rotatable bonds is 3. The smallest absolute Gasteiger partial charge is 0.139 e. The van der Waals surface area contributed by atoms with E-state index in [9.17, 15) is 10.2 Å². The highest BCUT2D eigenvalue weighted by Crippen LogP contribution is 2.40. The van der Waals surface area contributed by atoms with Crippen LogP contribution in [0.1, 0.15) is 37.5 Å². The number of phenols is 1. The molecule has 0 saturated carbocycles. The van der Waals surface area contributed by atoms with Gasteiger partial charge in [-0.25, -0.2) is 0 Å². The molecule has 0 fully saturated rings. The average molecular weight is 264 g/mol. The van der Waals surface area contributed by atoms with Crippen LogP contribution in [0, 0.1) is 0 Å². The van der Waals surface area contributed by atoms with Crippen molar-refractivity contribution in [1.82, 2.24) is 5.32 Å². The number of benzene rings is 1. The van der Waals surface area contributed by atoms with Crippen LogP contribution in [0.3, 0.4) is 0 Å². The van der Waals surface area contributed by atoms with Crippen LogP contribution >= 0.6 is 0 Å². The van der Waals surface area contributed by atoms with Gasteiger partial charge in [0.25, 0.3) is 0 Å². The topological polar surface area (TPSA) is 55.7 Å². The summed E-state index contributed by atoms with van der Waals surface area (Å²) in [6.07, 6.45) is 1.25. The number of anilines is 1. The quantitative estimate of drug-likeness (QED) is 0.779. The first-order valence-corrected chi connectivity index (χ1v) is 6.88. The Bertz CT molecular complexity index is 458. The fourth-order valence-corrected chi connectivity index (χ4v) is 2.96. The summed E-state index contributed by atoms with van der Waals surface area (Å²) in [5.74, 6) is 0.284. The van der Waals surface area contributed by atoms with E-state index in [1.807, 2.05) is 25.1 Å². The molecule has 4 nitrogen and oxygen atoms in total. The molecule has 2 atom stereocenters. The van der Waals surface area contributed by atoms with Gasteiger partial charge in [-0.15, -0.1) is 0 Å². The van der Waals surface area contributed by atoms with Crippen LogP contribution in [-0.4, -0.2) is 36.4 Å². The molecule has 4 heteroatoms. The van der Waals surface area contributed by atoms with Crippen LogP contribution in [0.15, 0.2) is 12.1 Å². The molecule has 0 aliphatic heterocycles. The number of aromatic hydroxyl groups is 1. The average Bonchev–Trinajstić information content (AvgIpc) is 2.31. The number of aliphatic hydroxyl groups is 1. The Kier molecular flexibility index (Phi) is 4.02. The van der Waals surface area contributed by atoms with Gasteiger partial charge in [-0.3, -0.25) is 0 Å². The van der Waals surface area contributed by atoms with Gasteiger partial charge < -0.3 is 20.4 Å². The lowest BCUT2D eigenvalue weighted by atomic mass is 9.84. The molecule has 1 aromatic rings. The fourth-order valence-electron chi connectivity index (χ4n) is 2.96. The number of phenolic OH excluding ortho intramolecular Hbond substituents is 1. The molecule has 19 heavy (non-hydrogen) atoms. The van der Waals surface area contributed by atoms with E-state index in [1.54, 1.807) is 6.07 Å². The Morgan fingerprint density at radius 1 is 1.32 bits per heavy atom. The van der Waals surface area contributed by atoms with Gasteiger partial charge in [-0.1, -0.05) is 19.9 Å². The Labute approximate surface area is 115 Å². The molecule has 1 aliphatic rings. The summed E-state index contributed by atoms with van der Waals surface area (Å²) in [5, 5.41) is 23.9. The largest absolute Gasteiger partial charge is 0.506 e. The molecule has 0 aromatic heterocycles. The monoisotopic (exact) mass is 264 g/mol. The number of nitrogens with one attached hydrogen (secondary N) is 1. The predicted molar refractivity (Wildman–Crippen MR) is 77.8 cm³/mol. The molecular formula is C15H24N2O2. The van der Waals surface area contributed by atoms with Crippen molar-refractivity contribution in [3.63, 3.8) is 0 Å². The minimum atomic E-state index is -0.509. The van der Waals surface area contributed by atoms with Crippen molar-refractivity contribution in [1.29, 1.82) is 0 Å². The maximum Gasteiger partial charge on any atom is 0.139 e. The van der Waals surface area contributed by atoms with E-state index in [-0.39, 0.29) is 11.8 Å². The number of hydrogen-bond donors (Lipinski definition) is 3. The first-order valence-electron chi connectivity index (χ1n) is 6.88. The number of aliphatic hydroxyl groups excluding tert-OH is 1. The maximum atomic E-state index is 10.5. The minimum Gasteiger partial charge on any atom is -0.506 e. The summed E-state index contributed by atoms with van der Waals surface area (Å²) >= 11 is 0. The predicted octanol–water partition coefficient (Wildman–Crippen LogP) is 1.80. The third-order valence-electron chi connectivity index (χ3n) is 3.70. The normalized spacial score (nSPS) is 22.4. The van der Waals surface area contributed by atoms with Gasteiger partial charge in [-0.05, 0) is 30.0 Å². The van der Waals surface area contributed by atoms with Crippen LogP contribution < -0.4 is 10.2 Å². The first-order chi connectivity index (χ1) is 8.91. The number of nitrogens with zero attached hydrogens (tertiary/aromatic N) is 1. The van der Waals surface area contributed by atoms with Gasteiger partial charge in [0.15, 0.2) is 0 Å². The molecule has 0 spiro atoms. The van der Waals surface area contributed by atoms with E-state index in [0.717, 1.165) is 29.7 Å². The third kappa shape index (κ3) is 2.69. The van der Waals surface area contributed by atoms with Crippen molar-refractivity contribution in [2.75, 3.05) is 19.0 Å². The molecule has 0 heterocycles.